The number of carboxylic acids is 2. The van der Waals surface area contributed by atoms with Crippen molar-refractivity contribution in [1.82, 2.24) is 4.57 Å². The number of anilines is 1. The van der Waals surface area contributed by atoms with Crippen molar-refractivity contribution in [3.8, 4) is 0 Å². The van der Waals surface area contributed by atoms with E-state index in [0.29, 0.717) is 6.54 Å². The molecule has 0 radical (unpaired) electrons. The third kappa shape index (κ3) is 5.05. The molecule has 0 aliphatic rings. The van der Waals surface area contributed by atoms with Gasteiger partial charge < -0.3 is 20.7 Å². The molecule has 0 amide bonds. The van der Waals surface area contributed by atoms with Crippen LogP contribution in [0.1, 0.15) is 12.0 Å². The Morgan fingerprint density at radius 2 is 1.67 bits per heavy atom. The van der Waals surface area contributed by atoms with Crippen molar-refractivity contribution in [2.75, 3.05) is 12.3 Å². The largest absolute Gasteiger partial charge is 0.539 e. The van der Waals surface area contributed by atoms with Crippen molar-refractivity contribution >= 4 is 28.9 Å². The van der Waals surface area contributed by atoms with Crippen LogP contribution in [-0.4, -0.2) is 28.2 Å². The fourth-order valence-electron chi connectivity index (χ4n) is 2.73. The molecule has 3 aromatic rings. The number of hydrogen-bond acceptors (Lipinski definition) is 5. The third-order valence-electron chi connectivity index (χ3n) is 3.96. The molecule has 1 aromatic heterocycles. The highest BCUT2D eigenvalue weighted by atomic mass is 16.4. The minimum atomic E-state index is -2.07. The van der Waals surface area contributed by atoms with Gasteiger partial charge >= 0.3 is 11.9 Å². The molecule has 3 rings (SSSR count). The van der Waals surface area contributed by atoms with Crippen LogP contribution < -0.4 is 21.1 Å². The summed E-state index contributed by atoms with van der Waals surface area (Å²) >= 11 is 0. The number of nitrogens with zero attached hydrogens (tertiary/aromatic N) is 2. The minimum absolute atomic E-state index is 0.671. The Kier molecular flexibility index (Phi) is 6.90. The van der Waals surface area contributed by atoms with Gasteiger partial charge in [-0.15, -0.1) is 0 Å². The molecule has 0 fully saturated rings. The van der Waals surface area contributed by atoms with Crippen LogP contribution in [0.2, 0.25) is 0 Å². The van der Waals surface area contributed by atoms with Gasteiger partial charge in [-0.3, -0.25) is 5.73 Å². The number of fused-ring (bicyclic) bond motifs is 1. The van der Waals surface area contributed by atoms with Gasteiger partial charge in [-0.25, -0.2) is 13.9 Å². The van der Waals surface area contributed by atoms with E-state index in [1.54, 1.807) is 0 Å². The maximum absolute atomic E-state index is 9.04. The number of aliphatic carboxylic acids is 2. The number of rotatable bonds is 5. The zero-order chi connectivity index (χ0) is 19.8. The zero-order valence-corrected chi connectivity index (χ0v) is 14.7. The number of aromatic nitrogens is 2. The van der Waals surface area contributed by atoms with E-state index in [2.05, 4.69) is 51.6 Å². The Hall–Kier alpha value is -3.39. The summed E-state index contributed by atoms with van der Waals surface area (Å²) in [5.74, 6) is -3.22. The molecular formula is C19H22N4O4. The van der Waals surface area contributed by atoms with Gasteiger partial charge in [-0.2, -0.15) is 0 Å². The first-order valence-corrected chi connectivity index (χ1v) is 8.40. The first kappa shape index (κ1) is 19.9. The third-order valence-corrected chi connectivity index (χ3v) is 3.96. The van der Waals surface area contributed by atoms with Crippen molar-refractivity contribution in [2.45, 2.75) is 19.5 Å². The van der Waals surface area contributed by atoms with Gasteiger partial charge in [0, 0.05) is 0 Å². The number of benzene rings is 2. The number of carbonyl (C=O) groups excluding carboxylic acids is 1. The summed E-state index contributed by atoms with van der Waals surface area (Å²) in [7, 11) is 0. The number of carbonyl (C=O) groups is 2. The standard InChI is InChI=1S/C17H20N4.C2H2O4/c18-11-6-12-20-15-9-4-5-10-16(15)21(17(20)19)13-14-7-2-1-3-8-14;3-1(4)2(5)6/h1-5,7-10,19H,6,11-13,18H2;(H,3,4)(H,5,6). The number of para-hydroxylation sites is 2. The minimum Gasteiger partial charge on any atom is -0.539 e. The smallest absolute Gasteiger partial charge is 0.356 e. The SMILES string of the molecule is NCCCn1c(N)[n+](Cc2ccccc2)c2ccccc21.O=C([O-])C(=O)O. The Balaban J connectivity index is 0.000000380. The number of imidazole rings is 1. The first-order valence-electron chi connectivity index (χ1n) is 8.40. The van der Waals surface area contributed by atoms with Gasteiger partial charge in [0.2, 0.25) is 0 Å². The Labute approximate surface area is 156 Å². The van der Waals surface area contributed by atoms with Crippen LogP contribution in [0, 0.1) is 0 Å². The Bertz CT molecular complexity index is 910. The summed E-state index contributed by atoms with van der Waals surface area (Å²) in [5, 5.41) is 16.3. The first-order chi connectivity index (χ1) is 13.0. The Morgan fingerprint density at radius 3 is 2.26 bits per heavy atom. The molecule has 0 aliphatic carbocycles. The molecule has 8 heteroatoms. The van der Waals surface area contributed by atoms with Gasteiger partial charge in [-0.1, -0.05) is 42.5 Å². The van der Waals surface area contributed by atoms with Gasteiger partial charge in [0.25, 0.3) is 0 Å². The van der Waals surface area contributed by atoms with Crippen LogP contribution >= 0.6 is 0 Å². The summed E-state index contributed by atoms with van der Waals surface area (Å²) < 4.78 is 4.33. The maximum Gasteiger partial charge on any atom is 0.356 e. The number of carboxylic acid groups (broad SMARTS) is 2. The number of nitrogens with two attached hydrogens (primary N) is 2. The highest BCUT2D eigenvalue weighted by Gasteiger charge is 2.20. The fourth-order valence-corrected chi connectivity index (χ4v) is 2.73. The average molecular weight is 370 g/mol. The average Bonchev–Trinajstić information content (AvgIpc) is 2.93. The van der Waals surface area contributed by atoms with Crippen molar-refractivity contribution in [3.63, 3.8) is 0 Å². The summed E-state index contributed by atoms with van der Waals surface area (Å²) in [6.45, 7) is 2.30. The van der Waals surface area contributed by atoms with Crippen LogP contribution in [-0.2, 0) is 22.7 Å². The van der Waals surface area contributed by atoms with Crippen molar-refractivity contribution in [1.29, 1.82) is 0 Å². The highest BCUT2D eigenvalue weighted by Crippen LogP contribution is 2.17. The lowest BCUT2D eigenvalue weighted by molar-refractivity contribution is -0.648. The van der Waals surface area contributed by atoms with E-state index in [1.165, 1.54) is 11.1 Å². The van der Waals surface area contributed by atoms with Gasteiger partial charge in [0.1, 0.15) is 11.0 Å². The number of hydrogen-bond donors (Lipinski definition) is 3. The lowest BCUT2D eigenvalue weighted by Crippen LogP contribution is -2.37. The van der Waals surface area contributed by atoms with Crippen LogP contribution in [0.15, 0.2) is 54.6 Å². The molecule has 0 unspecified atom stereocenters. The van der Waals surface area contributed by atoms with Gasteiger partial charge in [0.05, 0.1) is 13.1 Å². The van der Waals surface area contributed by atoms with Crippen LogP contribution in [0.25, 0.3) is 11.0 Å². The number of aryl methyl sites for hydroxylation is 1. The Morgan fingerprint density at radius 1 is 1.07 bits per heavy atom. The van der Waals surface area contributed by atoms with Gasteiger partial charge in [-0.05, 0) is 30.7 Å². The predicted octanol–water partition coefficient (Wildman–Crippen LogP) is -0.271. The molecule has 0 atom stereocenters. The number of nitrogen functional groups attached to an aromatic ring is 1. The molecule has 142 valence electrons. The highest BCUT2D eigenvalue weighted by molar-refractivity contribution is 6.26. The molecule has 0 saturated carbocycles. The van der Waals surface area contributed by atoms with E-state index >= 15 is 0 Å². The van der Waals surface area contributed by atoms with E-state index in [0.717, 1.165) is 31.0 Å². The van der Waals surface area contributed by atoms with Crippen LogP contribution in [0.3, 0.4) is 0 Å². The topological polar surface area (TPSA) is 138 Å². The lowest BCUT2D eigenvalue weighted by atomic mass is 10.2. The maximum atomic E-state index is 9.04. The van der Waals surface area contributed by atoms with Crippen molar-refractivity contribution in [2.24, 2.45) is 5.73 Å². The van der Waals surface area contributed by atoms with E-state index in [9.17, 15) is 0 Å². The quantitative estimate of drug-likeness (QED) is 0.417. The zero-order valence-electron chi connectivity index (χ0n) is 14.7. The molecule has 0 aliphatic heterocycles. The molecule has 5 N–H and O–H groups in total. The van der Waals surface area contributed by atoms with Crippen LogP contribution in [0.5, 0.6) is 0 Å². The normalized spacial score (nSPS) is 10.3. The second kappa shape index (κ2) is 9.35. The van der Waals surface area contributed by atoms with E-state index in [1.807, 2.05) is 12.1 Å². The monoisotopic (exact) mass is 370 g/mol. The summed E-state index contributed by atoms with van der Waals surface area (Å²) in [6, 6.07) is 18.7. The predicted molar refractivity (Wildman–Crippen MR) is 98.4 cm³/mol. The van der Waals surface area contributed by atoms with E-state index in [4.69, 9.17) is 31.3 Å². The van der Waals surface area contributed by atoms with Crippen molar-refractivity contribution < 1.29 is 24.4 Å². The molecule has 0 spiro atoms. The second-order valence-electron chi connectivity index (χ2n) is 5.81. The summed E-state index contributed by atoms with van der Waals surface area (Å²) in [6.07, 6.45) is 0.925. The van der Waals surface area contributed by atoms with E-state index < -0.39 is 11.9 Å². The van der Waals surface area contributed by atoms with Crippen molar-refractivity contribution in [3.05, 3.63) is 60.2 Å². The molecule has 2 aromatic carbocycles. The lowest BCUT2D eigenvalue weighted by Gasteiger charge is -2.02. The molecule has 27 heavy (non-hydrogen) atoms. The van der Waals surface area contributed by atoms with E-state index in [-0.39, 0.29) is 0 Å². The molecule has 0 bridgehead atoms. The fraction of sp³-hybridized carbons (Fsp3) is 0.211. The second-order valence-corrected chi connectivity index (χ2v) is 5.81. The molecule has 8 nitrogen and oxygen atoms in total. The summed E-state index contributed by atoms with van der Waals surface area (Å²) in [4.78, 5) is 18.0. The molecular weight excluding hydrogens is 348 g/mol. The van der Waals surface area contributed by atoms with Crippen LogP contribution in [0.4, 0.5) is 5.95 Å². The van der Waals surface area contributed by atoms with Gasteiger partial charge in [0.15, 0.2) is 5.97 Å². The summed E-state index contributed by atoms with van der Waals surface area (Å²) in [5.41, 5.74) is 15.6. The molecule has 0 saturated heterocycles. The molecule has 1 heterocycles.